The SMILES string of the molecule is COc1ccc(C(=O)N(C)c2nc3ccccc3s2)cc1[N+](=O)[O-]. The molecule has 0 aliphatic carbocycles. The molecule has 8 heteroatoms. The zero-order valence-electron chi connectivity index (χ0n) is 12.9. The predicted octanol–water partition coefficient (Wildman–Crippen LogP) is 3.49. The summed E-state index contributed by atoms with van der Waals surface area (Å²) in [4.78, 5) is 29.0. The second-order valence-electron chi connectivity index (χ2n) is 4.97. The van der Waals surface area contributed by atoms with Crippen LogP contribution in [0.5, 0.6) is 5.75 Å². The summed E-state index contributed by atoms with van der Waals surface area (Å²) in [6.45, 7) is 0. The number of nitrogens with zero attached hydrogens (tertiary/aromatic N) is 3. The van der Waals surface area contributed by atoms with E-state index in [2.05, 4.69) is 4.98 Å². The highest BCUT2D eigenvalue weighted by Crippen LogP contribution is 2.31. The average Bonchev–Trinajstić information content (AvgIpc) is 3.03. The molecule has 0 bridgehead atoms. The minimum Gasteiger partial charge on any atom is -0.490 e. The first-order valence-electron chi connectivity index (χ1n) is 6.97. The normalized spacial score (nSPS) is 10.6. The van der Waals surface area contributed by atoms with Crippen LogP contribution in [-0.2, 0) is 0 Å². The maximum atomic E-state index is 12.6. The standard InChI is InChI=1S/C16H13N3O4S/c1-18(16-17-11-5-3-4-6-14(11)24-16)15(20)10-7-8-13(23-2)12(9-10)19(21)22/h3-9H,1-2H3. The predicted molar refractivity (Wildman–Crippen MR) is 92.0 cm³/mol. The van der Waals surface area contributed by atoms with E-state index in [1.165, 1.54) is 41.5 Å². The molecule has 0 radical (unpaired) electrons. The molecule has 0 saturated carbocycles. The molecular formula is C16H13N3O4S. The molecule has 0 atom stereocenters. The summed E-state index contributed by atoms with van der Waals surface area (Å²) in [5.74, 6) is -0.265. The molecule has 0 aliphatic rings. The number of ether oxygens (including phenoxy) is 1. The lowest BCUT2D eigenvalue weighted by molar-refractivity contribution is -0.385. The number of para-hydroxylation sites is 1. The Bertz CT molecular complexity index is 905. The fourth-order valence-electron chi connectivity index (χ4n) is 2.25. The lowest BCUT2D eigenvalue weighted by Gasteiger charge is -2.14. The molecule has 0 saturated heterocycles. The Balaban J connectivity index is 1.95. The number of anilines is 1. The van der Waals surface area contributed by atoms with Crippen LogP contribution < -0.4 is 9.64 Å². The third-order valence-electron chi connectivity index (χ3n) is 3.50. The van der Waals surface area contributed by atoms with Crippen molar-refractivity contribution in [2.45, 2.75) is 0 Å². The van der Waals surface area contributed by atoms with Crippen LogP contribution in [-0.4, -0.2) is 30.0 Å². The summed E-state index contributed by atoms with van der Waals surface area (Å²) in [5, 5.41) is 11.6. The highest BCUT2D eigenvalue weighted by molar-refractivity contribution is 7.22. The van der Waals surface area contributed by atoms with Crippen molar-refractivity contribution in [3.8, 4) is 5.75 Å². The van der Waals surface area contributed by atoms with E-state index in [0.29, 0.717) is 5.13 Å². The summed E-state index contributed by atoms with van der Waals surface area (Å²) in [7, 11) is 2.94. The summed E-state index contributed by atoms with van der Waals surface area (Å²) >= 11 is 1.38. The van der Waals surface area contributed by atoms with Gasteiger partial charge in [0.15, 0.2) is 10.9 Å². The molecule has 0 aliphatic heterocycles. The molecule has 1 amide bonds. The van der Waals surface area contributed by atoms with Crippen molar-refractivity contribution in [3.05, 3.63) is 58.1 Å². The zero-order chi connectivity index (χ0) is 17.3. The summed E-state index contributed by atoms with van der Waals surface area (Å²) in [6.07, 6.45) is 0. The molecule has 0 N–H and O–H groups in total. The Kier molecular flexibility index (Phi) is 4.13. The van der Waals surface area contributed by atoms with Crippen molar-refractivity contribution in [2.75, 3.05) is 19.1 Å². The van der Waals surface area contributed by atoms with E-state index in [-0.39, 0.29) is 22.9 Å². The van der Waals surface area contributed by atoms with Crippen molar-refractivity contribution in [2.24, 2.45) is 0 Å². The van der Waals surface area contributed by atoms with Gasteiger partial charge in [0.25, 0.3) is 5.91 Å². The number of amides is 1. The highest BCUT2D eigenvalue weighted by Gasteiger charge is 2.22. The van der Waals surface area contributed by atoms with Crippen molar-refractivity contribution in [3.63, 3.8) is 0 Å². The molecule has 2 aromatic carbocycles. The third kappa shape index (κ3) is 2.79. The number of hydrogen-bond donors (Lipinski definition) is 0. The van der Waals surface area contributed by atoms with Gasteiger partial charge in [-0.15, -0.1) is 0 Å². The highest BCUT2D eigenvalue weighted by atomic mass is 32.1. The maximum Gasteiger partial charge on any atom is 0.311 e. The van der Waals surface area contributed by atoms with E-state index in [4.69, 9.17) is 4.74 Å². The number of benzene rings is 2. The average molecular weight is 343 g/mol. The van der Waals surface area contributed by atoms with E-state index >= 15 is 0 Å². The second kappa shape index (κ2) is 6.25. The van der Waals surface area contributed by atoms with Gasteiger partial charge in [0.1, 0.15) is 0 Å². The van der Waals surface area contributed by atoms with Crippen LogP contribution in [0, 0.1) is 10.1 Å². The lowest BCUT2D eigenvalue weighted by atomic mass is 10.1. The number of nitro benzene ring substituents is 1. The number of rotatable bonds is 4. The van der Waals surface area contributed by atoms with E-state index < -0.39 is 4.92 Å². The summed E-state index contributed by atoms with van der Waals surface area (Å²) in [5.41, 5.74) is 0.753. The summed E-state index contributed by atoms with van der Waals surface area (Å²) < 4.78 is 5.92. The molecule has 122 valence electrons. The van der Waals surface area contributed by atoms with Crippen molar-refractivity contribution in [1.82, 2.24) is 4.98 Å². The van der Waals surface area contributed by atoms with E-state index in [1.54, 1.807) is 7.05 Å². The van der Waals surface area contributed by atoms with Crippen LogP contribution in [0.15, 0.2) is 42.5 Å². The molecule has 7 nitrogen and oxygen atoms in total. The molecule has 1 heterocycles. The van der Waals surface area contributed by atoms with Gasteiger partial charge in [-0.3, -0.25) is 19.8 Å². The van der Waals surface area contributed by atoms with Crippen LogP contribution in [0.25, 0.3) is 10.2 Å². The van der Waals surface area contributed by atoms with Gasteiger partial charge in [-0.1, -0.05) is 23.5 Å². The minimum atomic E-state index is -0.576. The van der Waals surface area contributed by atoms with Crippen LogP contribution in [0.2, 0.25) is 0 Å². The summed E-state index contributed by atoms with van der Waals surface area (Å²) in [6, 6.07) is 11.7. The van der Waals surface area contributed by atoms with Crippen LogP contribution >= 0.6 is 11.3 Å². The quantitative estimate of drug-likeness (QED) is 0.535. The number of thiazole rings is 1. The van der Waals surface area contributed by atoms with E-state index in [1.807, 2.05) is 24.3 Å². The fourth-order valence-corrected chi connectivity index (χ4v) is 3.18. The number of nitro groups is 1. The van der Waals surface area contributed by atoms with Crippen molar-refractivity contribution < 1.29 is 14.5 Å². The van der Waals surface area contributed by atoms with Gasteiger partial charge >= 0.3 is 5.69 Å². The van der Waals surface area contributed by atoms with Gasteiger partial charge < -0.3 is 4.74 Å². The maximum absolute atomic E-state index is 12.6. The van der Waals surface area contributed by atoms with E-state index in [0.717, 1.165) is 10.2 Å². The molecule has 0 fully saturated rings. The van der Waals surface area contributed by atoms with Gasteiger partial charge in [-0.2, -0.15) is 0 Å². The van der Waals surface area contributed by atoms with Gasteiger partial charge in [0.2, 0.25) is 0 Å². The van der Waals surface area contributed by atoms with Gasteiger partial charge in [-0.25, -0.2) is 4.98 Å². The fraction of sp³-hybridized carbons (Fsp3) is 0.125. The molecule has 1 aromatic heterocycles. The first-order chi connectivity index (χ1) is 11.5. The number of fused-ring (bicyclic) bond motifs is 1. The molecule has 24 heavy (non-hydrogen) atoms. The molecular weight excluding hydrogens is 330 g/mol. The second-order valence-corrected chi connectivity index (χ2v) is 5.98. The van der Waals surface area contributed by atoms with Crippen LogP contribution in [0.1, 0.15) is 10.4 Å². The number of aromatic nitrogens is 1. The van der Waals surface area contributed by atoms with E-state index in [9.17, 15) is 14.9 Å². The third-order valence-corrected chi connectivity index (χ3v) is 4.61. The number of methoxy groups -OCH3 is 1. The Morgan fingerprint density at radius 1 is 1.29 bits per heavy atom. The Morgan fingerprint density at radius 3 is 2.71 bits per heavy atom. The van der Waals surface area contributed by atoms with Gasteiger partial charge in [0.05, 0.1) is 22.2 Å². The van der Waals surface area contributed by atoms with Gasteiger partial charge in [-0.05, 0) is 24.3 Å². The van der Waals surface area contributed by atoms with Crippen LogP contribution in [0.3, 0.4) is 0 Å². The lowest BCUT2D eigenvalue weighted by Crippen LogP contribution is -2.26. The Hall–Kier alpha value is -3.00. The van der Waals surface area contributed by atoms with Crippen molar-refractivity contribution >= 4 is 38.3 Å². The van der Waals surface area contributed by atoms with Crippen LogP contribution in [0.4, 0.5) is 10.8 Å². The molecule has 0 unspecified atom stereocenters. The molecule has 3 aromatic rings. The largest absolute Gasteiger partial charge is 0.490 e. The Morgan fingerprint density at radius 2 is 2.04 bits per heavy atom. The monoisotopic (exact) mass is 343 g/mol. The van der Waals surface area contributed by atoms with Crippen molar-refractivity contribution in [1.29, 1.82) is 0 Å². The van der Waals surface area contributed by atoms with Gasteiger partial charge in [0, 0.05) is 18.7 Å². The topological polar surface area (TPSA) is 85.6 Å². The smallest absolute Gasteiger partial charge is 0.311 e. The first kappa shape index (κ1) is 15.9. The number of carbonyl (C=O) groups is 1. The zero-order valence-corrected chi connectivity index (χ0v) is 13.7. The Labute approximate surface area is 141 Å². The minimum absolute atomic E-state index is 0.110. The first-order valence-corrected chi connectivity index (χ1v) is 7.79. The molecule has 0 spiro atoms. The number of carbonyl (C=O) groups excluding carboxylic acids is 1. The molecule has 3 rings (SSSR count). The number of hydrogen-bond acceptors (Lipinski definition) is 6.